The van der Waals surface area contributed by atoms with E-state index in [1.54, 1.807) is 0 Å². The van der Waals surface area contributed by atoms with E-state index in [0.29, 0.717) is 0 Å². The van der Waals surface area contributed by atoms with Crippen LogP contribution in [0.2, 0.25) is 6.82 Å². The third-order valence-electron chi connectivity index (χ3n) is 2.11. The first kappa shape index (κ1) is 6.15. The standard InChI is InChI=1S/C6H13BN/c1-7-6(8)4-2-3-5-6/h2-5,8H2,1H3. The normalized spacial score (nSPS) is 25.8. The molecule has 0 aliphatic heterocycles. The first-order valence-corrected chi connectivity index (χ1v) is 3.36. The molecule has 1 rings (SSSR count). The molecule has 0 spiro atoms. The van der Waals surface area contributed by atoms with Gasteiger partial charge < -0.3 is 5.73 Å². The van der Waals surface area contributed by atoms with Crippen molar-refractivity contribution in [2.45, 2.75) is 37.9 Å². The van der Waals surface area contributed by atoms with Gasteiger partial charge in [-0.2, -0.15) is 0 Å². The van der Waals surface area contributed by atoms with E-state index in [-0.39, 0.29) is 5.44 Å². The van der Waals surface area contributed by atoms with Gasteiger partial charge in [0.1, 0.15) is 7.28 Å². The summed E-state index contributed by atoms with van der Waals surface area (Å²) in [6.45, 7) is 2.06. The third-order valence-corrected chi connectivity index (χ3v) is 2.11. The van der Waals surface area contributed by atoms with Crippen LogP contribution in [0.4, 0.5) is 0 Å². The molecule has 0 heterocycles. The van der Waals surface area contributed by atoms with Gasteiger partial charge in [0, 0.05) is 0 Å². The molecule has 0 aromatic carbocycles. The second-order valence-corrected chi connectivity index (χ2v) is 2.73. The highest BCUT2D eigenvalue weighted by atomic mass is 14.7. The molecule has 45 valence electrons. The van der Waals surface area contributed by atoms with Crippen molar-refractivity contribution >= 4 is 7.28 Å². The zero-order valence-corrected chi connectivity index (χ0v) is 5.48. The fourth-order valence-corrected chi connectivity index (χ4v) is 1.32. The van der Waals surface area contributed by atoms with E-state index in [2.05, 4.69) is 14.1 Å². The summed E-state index contributed by atoms with van der Waals surface area (Å²) in [5.41, 5.74) is 6.01. The van der Waals surface area contributed by atoms with Crippen LogP contribution in [0.15, 0.2) is 0 Å². The minimum atomic E-state index is 0.111. The van der Waals surface area contributed by atoms with Gasteiger partial charge >= 0.3 is 0 Å². The van der Waals surface area contributed by atoms with Gasteiger partial charge in [-0.15, -0.1) is 0 Å². The predicted octanol–water partition coefficient (Wildman–Crippen LogP) is 0.968. The molecule has 1 nitrogen and oxygen atoms in total. The molecule has 0 atom stereocenters. The Bertz CT molecular complexity index is 76.6. The van der Waals surface area contributed by atoms with Crippen LogP contribution < -0.4 is 5.73 Å². The van der Waals surface area contributed by atoms with Crippen LogP contribution in [0.25, 0.3) is 0 Å². The van der Waals surface area contributed by atoms with E-state index >= 15 is 0 Å². The molecular weight excluding hydrogens is 96.9 g/mol. The highest BCUT2D eigenvalue weighted by molar-refractivity contribution is 6.38. The highest BCUT2D eigenvalue weighted by Gasteiger charge is 2.26. The van der Waals surface area contributed by atoms with Crippen molar-refractivity contribution in [3.8, 4) is 0 Å². The lowest BCUT2D eigenvalue weighted by molar-refractivity contribution is 0.615. The fourth-order valence-electron chi connectivity index (χ4n) is 1.32. The molecule has 0 saturated heterocycles. The Morgan fingerprint density at radius 3 is 2.12 bits per heavy atom. The Morgan fingerprint density at radius 2 is 1.88 bits per heavy atom. The summed E-state index contributed by atoms with van der Waals surface area (Å²) in [7, 11) is 2.14. The molecule has 1 saturated carbocycles. The highest BCUT2D eigenvalue weighted by Crippen LogP contribution is 2.25. The third kappa shape index (κ3) is 1.05. The van der Waals surface area contributed by atoms with E-state index < -0.39 is 0 Å². The lowest BCUT2D eigenvalue weighted by Gasteiger charge is -2.19. The smallest absolute Gasteiger partial charge is 0.133 e. The largest absolute Gasteiger partial charge is 0.332 e. The Labute approximate surface area is 51.9 Å². The monoisotopic (exact) mass is 110 g/mol. The first-order valence-electron chi connectivity index (χ1n) is 3.36. The summed E-state index contributed by atoms with van der Waals surface area (Å²) in [6.07, 6.45) is 5.04. The van der Waals surface area contributed by atoms with Crippen molar-refractivity contribution in [2.75, 3.05) is 0 Å². The molecule has 0 aromatic heterocycles. The minimum absolute atomic E-state index is 0.111. The summed E-state index contributed by atoms with van der Waals surface area (Å²) < 4.78 is 0. The van der Waals surface area contributed by atoms with Gasteiger partial charge in [-0.05, 0) is 18.3 Å². The Hall–Kier alpha value is 0.0249. The summed E-state index contributed by atoms with van der Waals surface area (Å²) in [6, 6.07) is 0. The van der Waals surface area contributed by atoms with Crippen LogP contribution >= 0.6 is 0 Å². The second kappa shape index (κ2) is 2.10. The minimum Gasteiger partial charge on any atom is -0.332 e. The molecule has 1 aliphatic carbocycles. The van der Waals surface area contributed by atoms with Crippen molar-refractivity contribution in [3.63, 3.8) is 0 Å². The molecule has 0 bridgehead atoms. The first-order chi connectivity index (χ1) is 3.77. The Morgan fingerprint density at radius 1 is 1.38 bits per heavy atom. The Balaban J connectivity index is 2.40. The molecule has 0 aromatic rings. The van der Waals surface area contributed by atoms with Crippen LogP contribution in [0, 0.1) is 0 Å². The number of nitrogens with two attached hydrogens (primary N) is 1. The van der Waals surface area contributed by atoms with Gasteiger partial charge in [-0.1, -0.05) is 19.7 Å². The van der Waals surface area contributed by atoms with Crippen molar-refractivity contribution in [3.05, 3.63) is 0 Å². The molecule has 1 radical (unpaired) electrons. The maximum absolute atomic E-state index is 5.90. The number of rotatable bonds is 1. The summed E-state index contributed by atoms with van der Waals surface area (Å²) in [5.74, 6) is 0. The SMILES string of the molecule is C[B]C1(N)CCCC1. The van der Waals surface area contributed by atoms with Crippen molar-refractivity contribution in [2.24, 2.45) is 5.73 Å². The van der Waals surface area contributed by atoms with E-state index in [1.165, 1.54) is 25.7 Å². The van der Waals surface area contributed by atoms with E-state index in [4.69, 9.17) is 5.73 Å². The topological polar surface area (TPSA) is 26.0 Å². The predicted molar refractivity (Wildman–Crippen MR) is 37.0 cm³/mol. The fraction of sp³-hybridized carbons (Fsp3) is 1.00. The lowest BCUT2D eigenvalue weighted by atomic mass is 9.60. The molecule has 8 heavy (non-hydrogen) atoms. The number of hydrogen-bond donors (Lipinski definition) is 1. The molecular formula is C6H13BN. The zero-order chi connectivity index (χ0) is 6.04. The molecule has 2 N–H and O–H groups in total. The van der Waals surface area contributed by atoms with Crippen molar-refractivity contribution in [1.82, 2.24) is 0 Å². The van der Waals surface area contributed by atoms with Gasteiger partial charge in [-0.3, -0.25) is 0 Å². The van der Waals surface area contributed by atoms with Crippen LogP contribution in [0.1, 0.15) is 25.7 Å². The Kier molecular flexibility index (Phi) is 1.61. The lowest BCUT2D eigenvalue weighted by Crippen LogP contribution is -2.41. The average Bonchev–Trinajstić information content (AvgIpc) is 2.17. The second-order valence-electron chi connectivity index (χ2n) is 2.73. The van der Waals surface area contributed by atoms with E-state index in [0.717, 1.165) is 0 Å². The summed E-state index contributed by atoms with van der Waals surface area (Å²) >= 11 is 0. The molecule has 2 heteroatoms. The van der Waals surface area contributed by atoms with E-state index in [9.17, 15) is 0 Å². The molecule has 0 amide bonds. The van der Waals surface area contributed by atoms with Crippen molar-refractivity contribution < 1.29 is 0 Å². The van der Waals surface area contributed by atoms with Gasteiger partial charge in [0.2, 0.25) is 0 Å². The van der Waals surface area contributed by atoms with Gasteiger partial charge in [0.15, 0.2) is 0 Å². The average molecular weight is 110 g/mol. The number of hydrogen-bond acceptors (Lipinski definition) is 1. The van der Waals surface area contributed by atoms with Crippen LogP contribution in [0.3, 0.4) is 0 Å². The van der Waals surface area contributed by atoms with Gasteiger partial charge in [0.05, 0.1) is 0 Å². The van der Waals surface area contributed by atoms with Gasteiger partial charge in [0.25, 0.3) is 0 Å². The maximum atomic E-state index is 5.90. The molecule has 1 aliphatic rings. The van der Waals surface area contributed by atoms with Crippen molar-refractivity contribution in [1.29, 1.82) is 0 Å². The van der Waals surface area contributed by atoms with Gasteiger partial charge in [-0.25, -0.2) is 0 Å². The maximum Gasteiger partial charge on any atom is 0.133 e. The quantitative estimate of drug-likeness (QED) is 0.500. The zero-order valence-electron chi connectivity index (χ0n) is 5.48. The van der Waals surface area contributed by atoms with Crippen LogP contribution in [-0.4, -0.2) is 12.7 Å². The molecule has 1 fully saturated rings. The van der Waals surface area contributed by atoms with Crippen LogP contribution in [-0.2, 0) is 0 Å². The molecule has 0 unspecified atom stereocenters. The summed E-state index contributed by atoms with van der Waals surface area (Å²) in [4.78, 5) is 0. The van der Waals surface area contributed by atoms with Crippen LogP contribution in [0.5, 0.6) is 0 Å². The van der Waals surface area contributed by atoms with E-state index in [1.807, 2.05) is 0 Å². The summed E-state index contributed by atoms with van der Waals surface area (Å²) in [5, 5.41) is 0.